The highest BCUT2D eigenvalue weighted by atomic mass is 31.2. The van der Waals surface area contributed by atoms with E-state index in [1.165, 1.54) is 0 Å². The van der Waals surface area contributed by atoms with Gasteiger partial charge in [-0.05, 0) is 0 Å². The zero-order chi connectivity index (χ0) is 15.6. The van der Waals surface area contributed by atoms with Gasteiger partial charge >= 0.3 is 13.3 Å². The summed E-state index contributed by atoms with van der Waals surface area (Å²) >= 11 is 0. The topological polar surface area (TPSA) is 160 Å². The maximum atomic E-state index is 11.4. The minimum absolute atomic E-state index is 0.177. The van der Waals surface area contributed by atoms with E-state index in [0.717, 1.165) is 12.3 Å². The van der Waals surface area contributed by atoms with Crippen molar-refractivity contribution in [2.24, 2.45) is 0 Å². The molecule has 0 amide bonds. The maximum Gasteiger partial charge on any atom is 0.361 e. The van der Waals surface area contributed by atoms with Crippen molar-refractivity contribution in [2.45, 2.75) is 18.5 Å². The van der Waals surface area contributed by atoms with Crippen molar-refractivity contribution in [3.8, 4) is 0 Å². The highest BCUT2D eigenvalue weighted by Gasteiger charge is 2.40. The van der Waals surface area contributed by atoms with Crippen LogP contribution in [-0.4, -0.2) is 56.1 Å². The third-order valence-electron chi connectivity index (χ3n) is 2.55. The Hall–Kier alpha value is -1.49. The summed E-state index contributed by atoms with van der Waals surface area (Å²) in [5.74, 6) is 0. The maximum absolute atomic E-state index is 11.4. The van der Waals surface area contributed by atoms with E-state index in [0.29, 0.717) is 4.73 Å². The molecular formula is C9H13N2O9P. The lowest BCUT2D eigenvalue weighted by Crippen LogP contribution is -2.43. The summed E-state index contributed by atoms with van der Waals surface area (Å²) in [7, 11) is -4.37. The Labute approximate surface area is 116 Å². The van der Waals surface area contributed by atoms with Gasteiger partial charge in [0, 0.05) is 6.07 Å². The normalized spacial score (nSPS) is 26.0. The largest absolute Gasteiger partial charge is 0.384 e. The van der Waals surface area contributed by atoms with Gasteiger partial charge in [-0.1, -0.05) is 0 Å². The van der Waals surface area contributed by atoms with Gasteiger partial charge in [-0.15, -0.1) is 4.73 Å². The van der Waals surface area contributed by atoms with Crippen LogP contribution in [0.25, 0.3) is 0 Å². The van der Waals surface area contributed by atoms with Crippen LogP contribution in [0.1, 0.15) is 0 Å². The molecule has 1 aliphatic rings. The molecule has 0 spiro atoms. The molecule has 0 aromatic carbocycles. The first-order valence-electron chi connectivity index (χ1n) is 5.71. The molecule has 21 heavy (non-hydrogen) atoms. The Bertz CT molecular complexity index is 649. The number of aliphatic hydroxyl groups is 1. The standard InChI is InChI=1S/C9H13N2O9P/c12-6-1-2-11(9(14)10-6)20-8-7(13)5(3-18-8)19-4-21(15,16)17/h1-2,5,7-8,13H,3-4H2,(H,10,12,14)(H2,15,16,17)/t5-,7+,8?/m0/s1. The number of nitrogens with one attached hydrogen (secondary N) is 1. The molecule has 0 saturated carbocycles. The lowest BCUT2D eigenvalue weighted by Gasteiger charge is -2.18. The lowest BCUT2D eigenvalue weighted by atomic mass is 10.2. The Morgan fingerprint density at radius 1 is 1.48 bits per heavy atom. The molecule has 2 heterocycles. The number of hydrogen-bond donors (Lipinski definition) is 4. The Kier molecular flexibility index (Phi) is 4.61. The van der Waals surface area contributed by atoms with Gasteiger partial charge < -0.3 is 29.2 Å². The summed E-state index contributed by atoms with van der Waals surface area (Å²) in [6, 6.07) is 1.03. The number of ether oxygens (including phenoxy) is 2. The molecule has 1 aromatic rings. The van der Waals surface area contributed by atoms with Gasteiger partial charge in [0.25, 0.3) is 11.8 Å². The monoisotopic (exact) mass is 324 g/mol. The number of H-pyrrole nitrogens is 1. The smallest absolute Gasteiger partial charge is 0.361 e. The molecule has 1 aromatic heterocycles. The number of aromatic amines is 1. The van der Waals surface area contributed by atoms with Crippen molar-refractivity contribution < 1.29 is 33.8 Å². The SMILES string of the molecule is O=c1ccn(OC2OC[C@H](OCP(=O)(O)O)[C@H]2O)c(=O)[nH]1. The fraction of sp³-hybridized carbons (Fsp3) is 0.556. The highest BCUT2D eigenvalue weighted by Crippen LogP contribution is 2.35. The first-order valence-corrected chi connectivity index (χ1v) is 7.51. The Balaban J connectivity index is 1.98. The van der Waals surface area contributed by atoms with E-state index in [9.17, 15) is 19.3 Å². The van der Waals surface area contributed by atoms with Crippen LogP contribution in [0, 0.1) is 0 Å². The predicted octanol–water partition coefficient (Wildman–Crippen LogP) is -2.80. The Morgan fingerprint density at radius 3 is 2.81 bits per heavy atom. The summed E-state index contributed by atoms with van der Waals surface area (Å²) in [4.78, 5) is 46.6. The molecule has 3 atom stereocenters. The van der Waals surface area contributed by atoms with E-state index in [4.69, 9.17) is 24.1 Å². The third-order valence-corrected chi connectivity index (χ3v) is 3.04. The van der Waals surface area contributed by atoms with E-state index in [2.05, 4.69) is 0 Å². The summed E-state index contributed by atoms with van der Waals surface area (Å²) < 4.78 is 21.2. The Morgan fingerprint density at radius 2 is 2.19 bits per heavy atom. The summed E-state index contributed by atoms with van der Waals surface area (Å²) in [6.07, 6.45) is -3.49. The number of nitrogens with zero attached hydrogens (tertiary/aromatic N) is 1. The molecule has 1 fully saturated rings. The van der Waals surface area contributed by atoms with Crippen LogP contribution in [-0.2, 0) is 14.0 Å². The minimum atomic E-state index is -4.37. The average molecular weight is 324 g/mol. The number of rotatable bonds is 5. The second kappa shape index (κ2) is 6.10. The molecule has 1 aliphatic heterocycles. The number of aromatic nitrogens is 2. The zero-order valence-corrected chi connectivity index (χ0v) is 11.4. The van der Waals surface area contributed by atoms with Crippen molar-refractivity contribution >= 4 is 7.60 Å². The quantitative estimate of drug-likeness (QED) is 0.419. The van der Waals surface area contributed by atoms with Crippen molar-refractivity contribution in [2.75, 3.05) is 13.0 Å². The fourth-order valence-corrected chi connectivity index (χ4v) is 1.98. The van der Waals surface area contributed by atoms with Crippen LogP contribution in [0.2, 0.25) is 0 Å². The zero-order valence-electron chi connectivity index (χ0n) is 10.5. The molecule has 0 aliphatic carbocycles. The van der Waals surface area contributed by atoms with Gasteiger partial charge in [0.2, 0.25) is 0 Å². The molecule has 0 radical (unpaired) electrons. The number of hydrogen-bond acceptors (Lipinski definition) is 7. The molecule has 2 rings (SSSR count). The van der Waals surface area contributed by atoms with Crippen molar-refractivity contribution in [1.82, 2.24) is 9.71 Å². The molecule has 1 saturated heterocycles. The summed E-state index contributed by atoms with van der Waals surface area (Å²) in [6.45, 7) is -0.177. The average Bonchev–Trinajstić information content (AvgIpc) is 2.71. The number of aliphatic hydroxyl groups excluding tert-OH is 1. The molecule has 0 bridgehead atoms. The first kappa shape index (κ1) is 15.9. The van der Waals surface area contributed by atoms with Gasteiger partial charge in [-0.25, -0.2) is 4.79 Å². The third kappa shape index (κ3) is 4.24. The lowest BCUT2D eigenvalue weighted by molar-refractivity contribution is -0.159. The second-order valence-corrected chi connectivity index (χ2v) is 5.82. The van der Waals surface area contributed by atoms with Crippen LogP contribution >= 0.6 is 7.60 Å². The van der Waals surface area contributed by atoms with E-state index < -0.39 is 43.7 Å². The van der Waals surface area contributed by atoms with Crippen molar-refractivity contribution in [1.29, 1.82) is 0 Å². The summed E-state index contributed by atoms with van der Waals surface area (Å²) in [5, 5.41) is 9.84. The van der Waals surface area contributed by atoms with Crippen molar-refractivity contribution in [3.05, 3.63) is 33.1 Å². The van der Waals surface area contributed by atoms with Crippen LogP contribution < -0.4 is 16.1 Å². The molecule has 4 N–H and O–H groups in total. The van der Waals surface area contributed by atoms with Gasteiger partial charge in [-0.2, -0.15) is 0 Å². The van der Waals surface area contributed by atoms with Gasteiger partial charge in [-0.3, -0.25) is 14.3 Å². The predicted molar refractivity (Wildman–Crippen MR) is 65.4 cm³/mol. The van der Waals surface area contributed by atoms with Crippen LogP contribution in [0.3, 0.4) is 0 Å². The van der Waals surface area contributed by atoms with E-state index in [-0.39, 0.29) is 6.61 Å². The fourth-order valence-electron chi connectivity index (χ4n) is 1.59. The van der Waals surface area contributed by atoms with Gasteiger partial charge in [0.1, 0.15) is 18.6 Å². The molecule has 12 heteroatoms. The van der Waals surface area contributed by atoms with Gasteiger partial charge in [0.05, 0.1) is 12.8 Å². The molecular weight excluding hydrogens is 311 g/mol. The van der Waals surface area contributed by atoms with E-state index >= 15 is 0 Å². The minimum Gasteiger partial charge on any atom is -0.384 e. The summed E-state index contributed by atoms with van der Waals surface area (Å²) in [5.41, 5.74) is -1.48. The second-order valence-electron chi connectivity index (χ2n) is 4.23. The molecule has 1 unspecified atom stereocenters. The molecule has 11 nitrogen and oxygen atoms in total. The first-order chi connectivity index (χ1) is 9.76. The van der Waals surface area contributed by atoms with Crippen LogP contribution in [0.5, 0.6) is 0 Å². The highest BCUT2D eigenvalue weighted by molar-refractivity contribution is 7.51. The molecule has 118 valence electrons. The van der Waals surface area contributed by atoms with Crippen LogP contribution in [0.4, 0.5) is 0 Å². The van der Waals surface area contributed by atoms with E-state index in [1.807, 2.05) is 4.98 Å². The van der Waals surface area contributed by atoms with Crippen LogP contribution in [0.15, 0.2) is 21.9 Å². The van der Waals surface area contributed by atoms with E-state index in [1.54, 1.807) is 0 Å². The van der Waals surface area contributed by atoms with Crippen molar-refractivity contribution in [3.63, 3.8) is 0 Å². The van der Waals surface area contributed by atoms with Gasteiger partial charge in [0.15, 0.2) is 0 Å².